The third kappa shape index (κ3) is 28.1. The summed E-state index contributed by atoms with van der Waals surface area (Å²) in [5.74, 6) is -0.352. The number of nitrogens with zero attached hydrogens (tertiary/aromatic N) is 1. The second-order valence-electron chi connectivity index (χ2n) is 7.60. The summed E-state index contributed by atoms with van der Waals surface area (Å²) >= 11 is 0. The fourth-order valence-electron chi connectivity index (χ4n) is 3.03. The zero-order valence-electron chi connectivity index (χ0n) is 18.9. The Balaban J connectivity index is 0. The molecule has 5 nitrogen and oxygen atoms in total. The van der Waals surface area contributed by atoms with Gasteiger partial charge in [-0.15, -0.1) is 0 Å². The average molecular weight is 440 g/mol. The van der Waals surface area contributed by atoms with Crippen LogP contribution in [0.4, 0.5) is 0 Å². The number of rotatable bonds is 20. The summed E-state index contributed by atoms with van der Waals surface area (Å²) in [7, 11) is -3.89. The van der Waals surface area contributed by atoms with Crippen LogP contribution in [-0.4, -0.2) is 31.2 Å². The van der Waals surface area contributed by atoms with Gasteiger partial charge in [-0.25, -0.2) is 0 Å². The minimum Gasteiger partial charge on any atom is -0.862 e. The first-order valence-electron chi connectivity index (χ1n) is 11.3. The molecule has 0 atom stereocenters. The molecule has 29 heavy (non-hydrogen) atoms. The molecule has 0 amide bonds. The second-order valence-corrected chi connectivity index (χ2v) is 9.17. The number of hydrogen-bond acceptors (Lipinski definition) is 4. The molecule has 0 fully saturated rings. The van der Waals surface area contributed by atoms with Crippen molar-refractivity contribution in [1.82, 2.24) is 0 Å². The smallest absolute Gasteiger partial charge is 0.862 e. The number of allylic oxidation sites excluding steroid dienone is 2. The van der Waals surface area contributed by atoms with Crippen LogP contribution in [0.5, 0.6) is 0 Å². The van der Waals surface area contributed by atoms with Crippen molar-refractivity contribution in [2.45, 2.75) is 110 Å². The standard InChI is InChI=1S/C22H43NO4S.Na/c1-2-3-4-5-6-7-8-9-10-11-12-13-14-15-16-19-22(24)23-20-17-18-21-28(25,26)27;/h9-10H,2-8,11-21H2,1H3,(H,23,24)(H,25,26,27);/q;+1/p-1/b10-9-;. The van der Waals surface area contributed by atoms with E-state index in [-0.39, 0.29) is 41.2 Å². The Morgan fingerprint density at radius 1 is 0.828 bits per heavy atom. The SMILES string of the molecule is CCCCCCCC/C=C\CCCCCCCC([O-])=NCCCCS(=O)(=O)O.[Na+]. The van der Waals surface area contributed by atoms with Crippen molar-refractivity contribution in [2.75, 3.05) is 12.3 Å². The predicted octanol–water partition coefficient (Wildman–Crippen LogP) is 2.45. The van der Waals surface area contributed by atoms with E-state index in [1.807, 2.05) is 0 Å². The van der Waals surface area contributed by atoms with Gasteiger partial charge in [0.1, 0.15) is 0 Å². The van der Waals surface area contributed by atoms with Crippen molar-refractivity contribution in [3.63, 3.8) is 0 Å². The largest absolute Gasteiger partial charge is 1.00 e. The van der Waals surface area contributed by atoms with E-state index < -0.39 is 10.1 Å². The fourth-order valence-corrected chi connectivity index (χ4v) is 3.59. The van der Waals surface area contributed by atoms with Crippen molar-refractivity contribution in [3.8, 4) is 0 Å². The Morgan fingerprint density at radius 2 is 1.34 bits per heavy atom. The minimum atomic E-state index is -3.89. The molecular formula is C22H42NNaO4S. The van der Waals surface area contributed by atoms with E-state index in [1.54, 1.807) is 0 Å². The zero-order chi connectivity index (χ0) is 20.9. The summed E-state index contributed by atoms with van der Waals surface area (Å²) in [5, 5.41) is 11.6. The molecule has 0 aliphatic heterocycles. The zero-order valence-corrected chi connectivity index (χ0v) is 21.7. The van der Waals surface area contributed by atoms with E-state index in [1.165, 1.54) is 57.8 Å². The number of unbranched alkanes of at least 4 members (excludes halogenated alkanes) is 12. The molecule has 7 heteroatoms. The molecule has 0 aromatic rings. The molecular weight excluding hydrogens is 397 g/mol. The Hall–Kier alpha value is 0.120. The van der Waals surface area contributed by atoms with Gasteiger partial charge in [-0.1, -0.05) is 70.4 Å². The Kier molecular flexibility index (Phi) is 24.6. The Morgan fingerprint density at radius 3 is 1.90 bits per heavy atom. The Labute approximate surface area is 201 Å². The van der Waals surface area contributed by atoms with Crippen LogP contribution in [-0.2, 0) is 10.1 Å². The maximum atomic E-state index is 11.6. The summed E-state index contributed by atoms with van der Waals surface area (Å²) in [5.41, 5.74) is 0. The second kappa shape index (κ2) is 22.8. The molecule has 0 rings (SSSR count). The van der Waals surface area contributed by atoms with Crippen LogP contribution in [0.25, 0.3) is 0 Å². The topological polar surface area (TPSA) is 89.8 Å². The summed E-state index contributed by atoms with van der Waals surface area (Å²) in [6.45, 7) is 2.60. The van der Waals surface area contributed by atoms with Crippen LogP contribution in [0.1, 0.15) is 110 Å². The van der Waals surface area contributed by atoms with Gasteiger partial charge in [-0.3, -0.25) is 4.55 Å². The van der Waals surface area contributed by atoms with Gasteiger partial charge in [0, 0.05) is 6.54 Å². The van der Waals surface area contributed by atoms with Crippen LogP contribution >= 0.6 is 0 Å². The first kappa shape index (κ1) is 31.3. The molecule has 0 radical (unpaired) electrons. The first-order chi connectivity index (χ1) is 13.5. The number of hydrogen-bond donors (Lipinski definition) is 1. The van der Waals surface area contributed by atoms with Crippen molar-refractivity contribution in [2.24, 2.45) is 4.99 Å². The van der Waals surface area contributed by atoms with Crippen LogP contribution in [0.2, 0.25) is 0 Å². The molecule has 1 N–H and O–H groups in total. The van der Waals surface area contributed by atoms with Gasteiger partial charge in [0.25, 0.3) is 10.1 Å². The Bertz CT molecular complexity index is 507. The normalized spacial score (nSPS) is 12.4. The monoisotopic (exact) mass is 439 g/mol. The molecule has 0 spiro atoms. The van der Waals surface area contributed by atoms with E-state index in [0.29, 0.717) is 25.8 Å². The summed E-state index contributed by atoms with van der Waals surface area (Å²) in [6.07, 6.45) is 22.0. The van der Waals surface area contributed by atoms with Crippen molar-refractivity contribution >= 4 is 16.0 Å². The quantitative estimate of drug-likeness (QED) is 0.0788. The summed E-state index contributed by atoms with van der Waals surface area (Å²) in [4.78, 5) is 3.92. The fraction of sp³-hybridized carbons (Fsp3) is 0.864. The molecule has 0 saturated carbocycles. The molecule has 0 aromatic heterocycles. The first-order valence-corrected chi connectivity index (χ1v) is 12.9. The maximum absolute atomic E-state index is 11.6. The van der Waals surface area contributed by atoms with Gasteiger partial charge in [0.2, 0.25) is 0 Å². The minimum absolute atomic E-state index is 0. The van der Waals surface area contributed by atoms with Crippen molar-refractivity contribution in [3.05, 3.63) is 12.2 Å². The molecule has 0 saturated heterocycles. The number of aliphatic imine (C=N–C) groups is 1. The molecule has 0 heterocycles. The molecule has 0 bridgehead atoms. The van der Waals surface area contributed by atoms with Crippen LogP contribution in [0, 0.1) is 0 Å². The van der Waals surface area contributed by atoms with Crippen LogP contribution < -0.4 is 34.7 Å². The molecule has 0 aromatic carbocycles. The summed E-state index contributed by atoms with van der Waals surface area (Å²) in [6, 6.07) is 0. The molecule has 0 aliphatic rings. The summed E-state index contributed by atoms with van der Waals surface area (Å²) < 4.78 is 29.7. The van der Waals surface area contributed by atoms with Crippen molar-refractivity contribution < 1.29 is 47.6 Å². The van der Waals surface area contributed by atoms with E-state index in [4.69, 9.17) is 4.55 Å². The van der Waals surface area contributed by atoms with Gasteiger partial charge in [-0.05, 0) is 57.3 Å². The van der Waals surface area contributed by atoms with E-state index >= 15 is 0 Å². The van der Waals surface area contributed by atoms with Crippen molar-refractivity contribution in [1.29, 1.82) is 0 Å². The van der Waals surface area contributed by atoms with Gasteiger partial charge in [0.15, 0.2) is 0 Å². The predicted molar refractivity (Wildman–Crippen MR) is 117 cm³/mol. The molecule has 166 valence electrons. The third-order valence-electron chi connectivity index (χ3n) is 4.75. The van der Waals surface area contributed by atoms with Crippen LogP contribution in [0.3, 0.4) is 0 Å². The molecule has 0 unspecified atom stereocenters. The van der Waals surface area contributed by atoms with Gasteiger partial charge < -0.3 is 10.1 Å². The van der Waals surface area contributed by atoms with E-state index in [9.17, 15) is 13.5 Å². The average Bonchev–Trinajstić information content (AvgIpc) is 2.63. The van der Waals surface area contributed by atoms with Crippen LogP contribution in [0.15, 0.2) is 17.1 Å². The van der Waals surface area contributed by atoms with E-state index in [0.717, 1.165) is 25.7 Å². The van der Waals surface area contributed by atoms with Gasteiger partial charge >= 0.3 is 29.6 Å². The van der Waals surface area contributed by atoms with Gasteiger partial charge in [0.05, 0.1) is 5.75 Å². The van der Waals surface area contributed by atoms with Gasteiger partial charge in [-0.2, -0.15) is 8.42 Å². The third-order valence-corrected chi connectivity index (χ3v) is 5.56. The molecule has 0 aliphatic carbocycles. The maximum Gasteiger partial charge on any atom is 1.00 e. The van der Waals surface area contributed by atoms with E-state index in [2.05, 4.69) is 24.1 Å².